The van der Waals surface area contributed by atoms with E-state index in [1.807, 2.05) is 0 Å². The van der Waals surface area contributed by atoms with E-state index in [4.69, 9.17) is 0 Å². The number of anilines is 3. The topological polar surface area (TPSA) is 3.24 Å². The van der Waals surface area contributed by atoms with Crippen LogP contribution in [-0.4, -0.2) is 0 Å². The first kappa shape index (κ1) is 41.2. The van der Waals surface area contributed by atoms with Gasteiger partial charge >= 0.3 is 0 Å². The van der Waals surface area contributed by atoms with Gasteiger partial charge in [0.1, 0.15) is 0 Å². The predicted molar refractivity (Wildman–Crippen MR) is 295 cm³/mol. The summed E-state index contributed by atoms with van der Waals surface area (Å²) in [5.41, 5.74) is 19.7. The zero-order valence-corrected chi connectivity index (χ0v) is 38.6. The van der Waals surface area contributed by atoms with Crippen molar-refractivity contribution in [2.24, 2.45) is 0 Å². The normalized spacial score (nSPS) is 12.4. The largest absolute Gasteiger partial charge is 0.309 e. The Morgan fingerprint density at radius 1 is 0.243 bits per heavy atom. The van der Waals surface area contributed by atoms with Crippen LogP contribution in [0.1, 0.15) is 22.3 Å². The van der Waals surface area contributed by atoms with E-state index in [0.717, 1.165) is 39.3 Å². The highest BCUT2D eigenvalue weighted by Gasteiger charge is 2.46. The second-order valence-electron chi connectivity index (χ2n) is 18.3. The summed E-state index contributed by atoms with van der Waals surface area (Å²) in [6.45, 7) is 0. The van der Waals surface area contributed by atoms with Crippen LogP contribution in [0, 0.1) is 0 Å². The van der Waals surface area contributed by atoms with Gasteiger partial charge in [0, 0.05) is 22.5 Å². The fourth-order valence-electron chi connectivity index (χ4n) is 11.6. The van der Waals surface area contributed by atoms with Crippen LogP contribution in [0.25, 0.3) is 77.2 Å². The van der Waals surface area contributed by atoms with Gasteiger partial charge in [-0.3, -0.25) is 0 Å². The third-order valence-electron chi connectivity index (χ3n) is 14.5. The van der Waals surface area contributed by atoms with Crippen molar-refractivity contribution in [3.8, 4) is 55.6 Å². The summed E-state index contributed by atoms with van der Waals surface area (Å²) < 4.78 is 0. The molecule has 328 valence electrons. The van der Waals surface area contributed by atoms with Gasteiger partial charge in [-0.2, -0.15) is 0 Å². The van der Waals surface area contributed by atoms with Crippen LogP contribution in [0.5, 0.6) is 0 Å². The molecule has 12 aromatic rings. The van der Waals surface area contributed by atoms with E-state index in [-0.39, 0.29) is 0 Å². The molecule has 0 aromatic heterocycles. The van der Waals surface area contributed by atoms with E-state index < -0.39 is 5.41 Å². The predicted octanol–water partition coefficient (Wildman–Crippen LogP) is 18.5. The molecule has 0 amide bonds. The highest BCUT2D eigenvalue weighted by atomic mass is 15.1. The van der Waals surface area contributed by atoms with Crippen LogP contribution in [-0.2, 0) is 5.41 Å². The molecule has 1 aliphatic carbocycles. The minimum Gasteiger partial charge on any atom is -0.309 e. The Kier molecular flexibility index (Phi) is 10.1. The molecule has 0 saturated carbocycles. The van der Waals surface area contributed by atoms with Gasteiger partial charge in [-0.15, -0.1) is 0 Å². The third kappa shape index (κ3) is 6.62. The number of benzene rings is 12. The van der Waals surface area contributed by atoms with Crippen LogP contribution in [0.3, 0.4) is 0 Å². The van der Waals surface area contributed by atoms with Crippen molar-refractivity contribution >= 4 is 38.6 Å². The van der Waals surface area contributed by atoms with Crippen LogP contribution in [0.15, 0.2) is 285 Å². The molecule has 0 heterocycles. The van der Waals surface area contributed by atoms with Crippen molar-refractivity contribution in [2.75, 3.05) is 4.90 Å². The van der Waals surface area contributed by atoms with Crippen LogP contribution >= 0.6 is 0 Å². The summed E-state index contributed by atoms with van der Waals surface area (Å²) in [6, 6.07) is 105. The molecule has 1 nitrogen and oxygen atoms in total. The number of hydrogen-bond donors (Lipinski definition) is 0. The van der Waals surface area contributed by atoms with Crippen LogP contribution in [0.4, 0.5) is 17.1 Å². The highest BCUT2D eigenvalue weighted by molar-refractivity contribution is 6.22. The van der Waals surface area contributed by atoms with E-state index in [2.05, 4.69) is 290 Å². The van der Waals surface area contributed by atoms with Gasteiger partial charge in [-0.05, 0) is 113 Å². The summed E-state index contributed by atoms with van der Waals surface area (Å²) in [5, 5.41) is 4.88. The minimum absolute atomic E-state index is 0.579. The van der Waals surface area contributed by atoms with Gasteiger partial charge in [-0.25, -0.2) is 0 Å². The summed E-state index contributed by atoms with van der Waals surface area (Å²) in [4.78, 5) is 2.56. The molecule has 0 atom stereocenters. The standard InChI is InChI=1S/C69H47N/c1-7-24-48(25-8-1)56-39-23-40-57(49-26-9-2-10-27-49)68(56)70(55-43-45-61-60-37-21-22-41-64(60)69(65(61)47-55,52-32-15-5-16-33-52)53-34-17-6-18-35-53)54-42-44-59-58-36-19-20-38-62(58)66(50-28-11-3-12-29-50)67(63(59)46-54)51-30-13-4-14-31-51/h1-47H. The van der Waals surface area contributed by atoms with E-state index in [0.29, 0.717) is 0 Å². The van der Waals surface area contributed by atoms with Gasteiger partial charge in [0.25, 0.3) is 0 Å². The lowest BCUT2D eigenvalue weighted by atomic mass is 9.67. The molecule has 0 aliphatic heterocycles. The lowest BCUT2D eigenvalue weighted by Crippen LogP contribution is -2.28. The average Bonchev–Trinajstić information content (AvgIpc) is 3.74. The Bertz CT molecular complexity index is 3750. The maximum absolute atomic E-state index is 2.56. The van der Waals surface area contributed by atoms with Crippen molar-refractivity contribution in [1.29, 1.82) is 0 Å². The number of para-hydroxylation sites is 1. The molecule has 0 spiro atoms. The molecule has 13 rings (SSSR count). The molecule has 12 aromatic carbocycles. The van der Waals surface area contributed by atoms with Gasteiger partial charge in [0.05, 0.1) is 11.1 Å². The third-order valence-corrected chi connectivity index (χ3v) is 14.5. The molecule has 1 aliphatic rings. The summed E-state index contributed by atoms with van der Waals surface area (Å²) in [6.07, 6.45) is 0. The molecule has 0 radical (unpaired) electrons. The molecule has 0 fully saturated rings. The number of hydrogen-bond acceptors (Lipinski definition) is 1. The Labute approximate surface area is 409 Å². The Hall–Kier alpha value is -9.04. The molecular weight excluding hydrogens is 843 g/mol. The zero-order chi connectivity index (χ0) is 46.4. The van der Waals surface area contributed by atoms with Crippen LogP contribution < -0.4 is 4.90 Å². The van der Waals surface area contributed by atoms with E-state index in [1.54, 1.807) is 0 Å². The molecule has 70 heavy (non-hydrogen) atoms. The number of nitrogens with zero attached hydrogens (tertiary/aromatic N) is 1. The second kappa shape index (κ2) is 17.2. The molecule has 0 saturated heterocycles. The summed E-state index contributed by atoms with van der Waals surface area (Å²) in [5.74, 6) is 0. The maximum Gasteiger partial charge on any atom is 0.0714 e. The van der Waals surface area contributed by atoms with E-state index >= 15 is 0 Å². The van der Waals surface area contributed by atoms with Crippen molar-refractivity contribution < 1.29 is 0 Å². The quantitative estimate of drug-likeness (QED) is 0.131. The first-order valence-corrected chi connectivity index (χ1v) is 24.3. The monoisotopic (exact) mass is 889 g/mol. The fraction of sp³-hybridized carbons (Fsp3) is 0.0145. The Morgan fingerprint density at radius 3 is 1.21 bits per heavy atom. The van der Waals surface area contributed by atoms with Crippen molar-refractivity contribution in [1.82, 2.24) is 0 Å². The van der Waals surface area contributed by atoms with Crippen molar-refractivity contribution in [3.63, 3.8) is 0 Å². The first-order valence-electron chi connectivity index (χ1n) is 24.3. The zero-order valence-electron chi connectivity index (χ0n) is 38.6. The van der Waals surface area contributed by atoms with Crippen LogP contribution in [0.2, 0.25) is 0 Å². The fourth-order valence-corrected chi connectivity index (χ4v) is 11.6. The first-order chi connectivity index (χ1) is 34.8. The van der Waals surface area contributed by atoms with Gasteiger partial charge in [0.15, 0.2) is 0 Å². The van der Waals surface area contributed by atoms with Crippen molar-refractivity contribution in [2.45, 2.75) is 5.41 Å². The van der Waals surface area contributed by atoms with Gasteiger partial charge in [0.2, 0.25) is 0 Å². The van der Waals surface area contributed by atoms with Gasteiger partial charge in [-0.1, -0.05) is 261 Å². The molecule has 0 unspecified atom stereocenters. The molecule has 0 bridgehead atoms. The highest BCUT2D eigenvalue weighted by Crippen LogP contribution is 2.58. The summed E-state index contributed by atoms with van der Waals surface area (Å²) in [7, 11) is 0. The Morgan fingerprint density at radius 2 is 0.643 bits per heavy atom. The maximum atomic E-state index is 2.56. The lowest BCUT2D eigenvalue weighted by molar-refractivity contribution is 0.768. The van der Waals surface area contributed by atoms with E-state index in [9.17, 15) is 0 Å². The lowest BCUT2D eigenvalue weighted by Gasteiger charge is -2.35. The summed E-state index contributed by atoms with van der Waals surface area (Å²) >= 11 is 0. The molecule has 0 N–H and O–H groups in total. The Balaban J connectivity index is 1.18. The number of fused-ring (bicyclic) bond motifs is 6. The average molecular weight is 890 g/mol. The minimum atomic E-state index is -0.579. The van der Waals surface area contributed by atoms with Gasteiger partial charge < -0.3 is 4.90 Å². The molecule has 1 heteroatoms. The van der Waals surface area contributed by atoms with E-state index in [1.165, 1.54) is 77.2 Å². The smallest absolute Gasteiger partial charge is 0.0714 e. The van der Waals surface area contributed by atoms with Crippen molar-refractivity contribution in [3.05, 3.63) is 307 Å². The molecular formula is C69H47N. The second-order valence-corrected chi connectivity index (χ2v) is 18.3. The number of rotatable bonds is 9. The SMILES string of the molecule is c1ccc(-c2cccc(-c3ccccc3)c2N(c2ccc3c(c2)C(c2ccccc2)(c2ccccc2)c2ccccc2-3)c2ccc3c(c2)c(-c2ccccc2)c(-c2ccccc2)c2ccccc23)cc1.